The number of imidazole rings is 1. The highest BCUT2D eigenvalue weighted by molar-refractivity contribution is 7.99. The number of hydrogen-bond donors (Lipinski definition) is 2. The van der Waals surface area contributed by atoms with Gasteiger partial charge in [-0.25, -0.2) is 9.97 Å². The minimum Gasteiger partial charge on any atom is -0.374 e. The molecule has 1 saturated heterocycles. The van der Waals surface area contributed by atoms with Crippen LogP contribution < -0.4 is 5.32 Å². The van der Waals surface area contributed by atoms with Gasteiger partial charge in [0.05, 0.1) is 29.0 Å². The molecule has 1 fully saturated rings. The Labute approximate surface area is 178 Å². The molecule has 1 aliphatic heterocycles. The molecule has 0 saturated carbocycles. The summed E-state index contributed by atoms with van der Waals surface area (Å²) < 4.78 is 5.81. The molecule has 0 bridgehead atoms. The van der Waals surface area contributed by atoms with E-state index in [9.17, 15) is 4.79 Å². The van der Waals surface area contributed by atoms with Crippen molar-refractivity contribution >= 4 is 40.4 Å². The maximum Gasteiger partial charge on any atom is 0.230 e. The standard InChI is InChI=1S/C20H22ClN5O2S/c21-15-8-17-19(23-9-15)25-20(24-17)29-13-18(27)22-10-16-12-26(6-7-28-16)11-14-4-2-1-3-5-14/h1-5,8-9,16H,6-7,10-13H2,(H,22,27)(H,23,24,25)/t16-/m0/s1. The fourth-order valence-corrected chi connectivity index (χ4v) is 4.08. The molecular weight excluding hydrogens is 410 g/mol. The Kier molecular flexibility index (Phi) is 6.66. The molecule has 4 rings (SSSR count). The summed E-state index contributed by atoms with van der Waals surface area (Å²) in [7, 11) is 0. The van der Waals surface area contributed by atoms with Crippen LogP contribution in [0.2, 0.25) is 5.02 Å². The third-order valence-corrected chi connectivity index (χ3v) is 5.70. The summed E-state index contributed by atoms with van der Waals surface area (Å²) in [5.41, 5.74) is 2.64. The Morgan fingerprint density at radius 1 is 1.38 bits per heavy atom. The molecule has 7 nitrogen and oxygen atoms in total. The van der Waals surface area contributed by atoms with E-state index in [1.54, 1.807) is 12.3 Å². The van der Waals surface area contributed by atoms with Crippen LogP contribution in [0.4, 0.5) is 0 Å². The number of amides is 1. The molecule has 152 valence electrons. The van der Waals surface area contributed by atoms with Crippen molar-refractivity contribution in [3.8, 4) is 0 Å². The van der Waals surface area contributed by atoms with Crippen LogP contribution >= 0.6 is 23.4 Å². The van der Waals surface area contributed by atoms with E-state index in [2.05, 4.69) is 49.4 Å². The van der Waals surface area contributed by atoms with Gasteiger partial charge in [-0.15, -0.1) is 0 Å². The van der Waals surface area contributed by atoms with Gasteiger partial charge in [-0.05, 0) is 11.6 Å². The maximum atomic E-state index is 12.2. The third kappa shape index (κ3) is 5.70. The largest absolute Gasteiger partial charge is 0.374 e. The topological polar surface area (TPSA) is 83.1 Å². The van der Waals surface area contributed by atoms with Crippen LogP contribution in [0, 0.1) is 0 Å². The lowest BCUT2D eigenvalue weighted by Crippen LogP contribution is -2.47. The summed E-state index contributed by atoms with van der Waals surface area (Å²) in [5, 5.41) is 4.15. The van der Waals surface area contributed by atoms with Gasteiger partial charge in [-0.1, -0.05) is 53.7 Å². The van der Waals surface area contributed by atoms with E-state index in [0.717, 1.165) is 25.2 Å². The summed E-state index contributed by atoms with van der Waals surface area (Å²) in [6.45, 7) is 3.78. The number of morpholine rings is 1. The Morgan fingerprint density at radius 3 is 3.10 bits per heavy atom. The number of hydrogen-bond acceptors (Lipinski definition) is 6. The van der Waals surface area contributed by atoms with Crippen LogP contribution in [-0.2, 0) is 16.1 Å². The number of pyridine rings is 1. The molecule has 3 aromatic rings. The number of H-pyrrole nitrogens is 1. The second-order valence-electron chi connectivity index (χ2n) is 6.87. The number of aromatic amines is 1. The Morgan fingerprint density at radius 2 is 2.24 bits per heavy atom. The molecule has 2 aromatic heterocycles. The van der Waals surface area contributed by atoms with E-state index in [1.807, 2.05) is 6.07 Å². The van der Waals surface area contributed by atoms with E-state index in [1.165, 1.54) is 17.3 Å². The van der Waals surface area contributed by atoms with Gasteiger partial charge >= 0.3 is 0 Å². The van der Waals surface area contributed by atoms with Crippen molar-refractivity contribution in [3.05, 3.63) is 53.2 Å². The van der Waals surface area contributed by atoms with Gasteiger partial charge in [-0.3, -0.25) is 9.69 Å². The molecular formula is C20H22ClN5O2S. The summed E-state index contributed by atoms with van der Waals surface area (Å²) in [4.78, 5) is 26.2. The van der Waals surface area contributed by atoms with E-state index >= 15 is 0 Å². The molecule has 1 aliphatic rings. The first-order valence-electron chi connectivity index (χ1n) is 9.44. The number of aromatic nitrogens is 3. The Hall–Kier alpha value is -2.13. The number of carbonyl (C=O) groups excluding carboxylic acids is 1. The number of halogens is 1. The number of nitrogens with zero attached hydrogens (tertiary/aromatic N) is 3. The molecule has 0 unspecified atom stereocenters. The zero-order valence-corrected chi connectivity index (χ0v) is 17.4. The predicted octanol–water partition coefficient (Wildman–Crippen LogP) is 2.72. The average molecular weight is 432 g/mol. The van der Waals surface area contributed by atoms with Gasteiger partial charge in [0.25, 0.3) is 0 Å². The zero-order chi connectivity index (χ0) is 20.1. The third-order valence-electron chi connectivity index (χ3n) is 4.62. The lowest BCUT2D eigenvalue weighted by atomic mass is 10.2. The van der Waals surface area contributed by atoms with Crippen LogP contribution in [0.1, 0.15) is 5.56 Å². The molecule has 1 amide bonds. The van der Waals surface area contributed by atoms with Crippen molar-refractivity contribution in [3.63, 3.8) is 0 Å². The smallest absolute Gasteiger partial charge is 0.230 e. The lowest BCUT2D eigenvalue weighted by molar-refractivity contribution is -0.119. The van der Waals surface area contributed by atoms with Gasteiger partial charge in [-0.2, -0.15) is 0 Å². The zero-order valence-electron chi connectivity index (χ0n) is 15.8. The van der Waals surface area contributed by atoms with E-state index < -0.39 is 0 Å². The fourth-order valence-electron chi connectivity index (χ4n) is 3.22. The number of ether oxygens (including phenoxy) is 1. The van der Waals surface area contributed by atoms with Crippen molar-refractivity contribution in [1.29, 1.82) is 0 Å². The number of fused-ring (bicyclic) bond motifs is 1. The molecule has 29 heavy (non-hydrogen) atoms. The SMILES string of the molecule is O=C(CSc1nc2ncc(Cl)cc2[nH]1)NC[C@H]1CN(Cc2ccccc2)CCO1. The van der Waals surface area contributed by atoms with Crippen LogP contribution in [0.3, 0.4) is 0 Å². The molecule has 0 spiro atoms. The summed E-state index contributed by atoms with van der Waals surface area (Å²) in [6.07, 6.45) is 1.55. The average Bonchev–Trinajstić information content (AvgIpc) is 3.14. The molecule has 1 atom stereocenters. The number of rotatable bonds is 7. The van der Waals surface area contributed by atoms with E-state index in [-0.39, 0.29) is 17.8 Å². The van der Waals surface area contributed by atoms with Crippen molar-refractivity contribution in [2.75, 3.05) is 32.0 Å². The van der Waals surface area contributed by atoms with Gasteiger partial charge < -0.3 is 15.0 Å². The maximum absolute atomic E-state index is 12.2. The summed E-state index contributed by atoms with van der Waals surface area (Å²) in [6, 6.07) is 12.2. The Bertz CT molecular complexity index is 968. The van der Waals surface area contributed by atoms with Crippen molar-refractivity contribution in [1.82, 2.24) is 25.2 Å². The molecule has 1 aromatic carbocycles. The van der Waals surface area contributed by atoms with Crippen molar-refractivity contribution in [2.24, 2.45) is 0 Å². The predicted molar refractivity (Wildman–Crippen MR) is 114 cm³/mol. The van der Waals surface area contributed by atoms with Crippen LogP contribution in [0.25, 0.3) is 11.2 Å². The first-order valence-corrected chi connectivity index (χ1v) is 10.8. The second-order valence-corrected chi connectivity index (χ2v) is 8.27. The number of benzene rings is 1. The summed E-state index contributed by atoms with van der Waals surface area (Å²) >= 11 is 7.27. The number of nitrogens with one attached hydrogen (secondary N) is 2. The monoisotopic (exact) mass is 431 g/mol. The van der Waals surface area contributed by atoms with E-state index in [4.69, 9.17) is 16.3 Å². The molecule has 0 aliphatic carbocycles. The fraction of sp³-hybridized carbons (Fsp3) is 0.350. The summed E-state index contributed by atoms with van der Waals surface area (Å²) in [5.74, 6) is 0.221. The van der Waals surface area contributed by atoms with Crippen LogP contribution in [0.15, 0.2) is 47.8 Å². The first-order chi connectivity index (χ1) is 14.2. The van der Waals surface area contributed by atoms with Crippen LogP contribution in [-0.4, -0.2) is 63.9 Å². The van der Waals surface area contributed by atoms with Gasteiger partial charge in [0.1, 0.15) is 0 Å². The van der Waals surface area contributed by atoms with Gasteiger partial charge in [0, 0.05) is 32.4 Å². The first kappa shape index (κ1) is 20.2. The van der Waals surface area contributed by atoms with E-state index in [0.29, 0.717) is 29.0 Å². The highest BCUT2D eigenvalue weighted by atomic mass is 35.5. The highest BCUT2D eigenvalue weighted by Gasteiger charge is 2.21. The normalized spacial score (nSPS) is 17.5. The van der Waals surface area contributed by atoms with Gasteiger partial charge in [0.15, 0.2) is 10.8 Å². The van der Waals surface area contributed by atoms with Gasteiger partial charge in [0.2, 0.25) is 5.91 Å². The Balaban J connectivity index is 1.21. The molecule has 3 heterocycles. The number of thioether (sulfide) groups is 1. The molecule has 9 heteroatoms. The highest BCUT2D eigenvalue weighted by Crippen LogP contribution is 2.20. The molecule has 2 N–H and O–H groups in total. The minimum absolute atomic E-state index is 0.000968. The lowest BCUT2D eigenvalue weighted by Gasteiger charge is -2.33. The second kappa shape index (κ2) is 9.58. The van der Waals surface area contributed by atoms with Crippen molar-refractivity contribution < 1.29 is 9.53 Å². The number of carbonyl (C=O) groups is 1. The quantitative estimate of drug-likeness (QED) is 0.560. The minimum atomic E-state index is -0.0507. The molecule has 0 radical (unpaired) electrons. The van der Waals surface area contributed by atoms with Crippen LogP contribution in [0.5, 0.6) is 0 Å². The van der Waals surface area contributed by atoms with Crippen molar-refractivity contribution in [2.45, 2.75) is 17.8 Å².